The van der Waals surface area contributed by atoms with Crippen LogP contribution in [0.15, 0.2) is 41.5 Å². The number of carbonyl (C=O) groups excluding carboxylic acids is 2. The molecule has 0 radical (unpaired) electrons. The second kappa shape index (κ2) is 4.84. The number of rotatable bonds is 3. The van der Waals surface area contributed by atoms with E-state index in [4.69, 9.17) is 0 Å². The molecule has 0 aromatic heterocycles. The average Bonchev–Trinajstić information content (AvgIpc) is 3.39. The third kappa shape index (κ3) is 1.95. The van der Waals surface area contributed by atoms with E-state index in [0.717, 1.165) is 11.4 Å². The summed E-state index contributed by atoms with van der Waals surface area (Å²) in [6, 6.07) is 5.82. The summed E-state index contributed by atoms with van der Waals surface area (Å²) in [6.07, 6.45) is 6.78. The van der Waals surface area contributed by atoms with Crippen molar-refractivity contribution in [2.45, 2.75) is 6.42 Å². The second-order valence-electron chi connectivity index (χ2n) is 7.24. The number of nitro benzene ring substituents is 1. The normalized spacial score (nSPS) is 37.5. The number of hydrazone groups is 1. The quantitative estimate of drug-likeness (QED) is 0.277. The van der Waals surface area contributed by atoms with E-state index < -0.39 is 4.92 Å². The Morgan fingerprint density at radius 2 is 1.60 bits per heavy atom. The minimum absolute atomic E-state index is 0.0154. The minimum atomic E-state index is -0.479. The number of non-ortho nitro benzene ring substituents is 1. The Labute approximate surface area is 143 Å². The number of hydrogen-bond donors (Lipinski definition) is 0. The van der Waals surface area contributed by atoms with Crippen LogP contribution in [0.2, 0.25) is 0 Å². The first-order valence-corrected chi connectivity index (χ1v) is 8.41. The van der Waals surface area contributed by atoms with Gasteiger partial charge in [0.2, 0.25) is 0 Å². The van der Waals surface area contributed by atoms with Crippen molar-refractivity contribution in [1.82, 2.24) is 5.01 Å². The van der Waals surface area contributed by atoms with Crippen molar-refractivity contribution in [1.29, 1.82) is 0 Å². The van der Waals surface area contributed by atoms with Gasteiger partial charge in [0.25, 0.3) is 17.5 Å². The molecule has 7 nitrogen and oxygen atoms in total. The van der Waals surface area contributed by atoms with Crippen molar-refractivity contribution < 1.29 is 14.5 Å². The van der Waals surface area contributed by atoms with Gasteiger partial charge in [-0.1, -0.05) is 12.2 Å². The lowest BCUT2D eigenvalue weighted by molar-refractivity contribution is -0.384. The van der Waals surface area contributed by atoms with E-state index in [1.165, 1.54) is 18.3 Å². The molecule has 1 saturated heterocycles. The molecule has 2 saturated carbocycles. The van der Waals surface area contributed by atoms with Crippen molar-refractivity contribution in [3.63, 3.8) is 0 Å². The molecule has 6 atom stereocenters. The summed E-state index contributed by atoms with van der Waals surface area (Å²) in [4.78, 5) is 35.7. The van der Waals surface area contributed by atoms with Gasteiger partial charge in [-0.25, -0.2) is 0 Å². The molecule has 0 N–H and O–H groups in total. The Hall–Kier alpha value is -2.83. The van der Waals surface area contributed by atoms with Crippen LogP contribution in [0.3, 0.4) is 0 Å². The summed E-state index contributed by atoms with van der Waals surface area (Å²) >= 11 is 0. The highest BCUT2D eigenvalue weighted by Gasteiger charge is 2.67. The van der Waals surface area contributed by atoms with Gasteiger partial charge in [0, 0.05) is 12.1 Å². The molecule has 6 rings (SSSR count). The van der Waals surface area contributed by atoms with E-state index in [9.17, 15) is 19.7 Å². The third-order valence-corrected chi connectivity index (χ3v) is 6.07. The lowest BCUT2D eigenvalue weighted by Gasteiger charge is -2.37. The first-order chi connectivity index (χ1) is 12.1. The maximum atomic E-state index is 12.7. The van der Waals surface area contributed by atoms with E-state index in [1.54, 1.807) is 12.1 Å². The standard InChI is InChI=1S/C18H15N3O4/c22-17-15-11-5-6-12(14-7-13(11)14)16(15)18(23)20(17)19-8-9-1-3-10(4-2-9)21(24)25/h1-6,8,11-16H,7H2/b19-8+/t11-,12-,13-,14-,15+,16+/m1/s1. The van der Waals surface area contributed by atoms with Gasteiger partial charge in [-0.05, 0) is 47.8 Å². The largest absolute Gasteiger partial charge is 0.272 e. The lowest BCUT2D eigenvalue weighted by Crippen LogP contribution is -2.40. The van der Waals surface area contributed by atoms with Crippen molar-refractivity contribution in [2.75, 3.05) is 0 Å². The first-order valence-electron chi connectivity index (χ1n) is 8.41. The highest BCUT2D eigenvalue weighted by Crippen LogP contribution is 2.65. The zero-order valence-electron chi connectivity index (χ0n) is 13.2. The number of imide groups is 1. The van der Waals surface area contributed by atoms with Crippen LogP contribution in [0.4, 0.5) is 5.69 Å². The molecule has 0 unspecified atom stereocenters. The van der Waals surface area contributed by atoms with E-state index in [0.29, 0.717) is 17.4 Å². The molecule has 25 heavy (non-hydrogen) atoms. The molecule has 4 aliphatic carbocycles. The fourth-order valence-corrected chi connectivity index (χ4v) is 4.86. The Bertz CT molecular complexity index is 824. The number of nitrogens with zero attached hydrogens (tertiary/aromatic N) is 3. The third-order valence-electron chi connectivity index (χ3n) is 6.07. The molecule has 3 fully saturated rings. The number of nitro groups is 1. The minimum Gasteiger partial charge on any atom is -0.272 e. The van der Waals surface area contributed by atoms with E-state index in [2.05, 4.69) is 17.3 Å². The molecular formula is C18H15N3O4. The van der Waals surface area contributed by atoms with Gasteiger partial charge in [0.1, 0.15) is 0 Å². The maximum absolute atomic E-state index is 12.7. The Morgan fingerprint density at radius 3 is 2.12 bits per heavy atom. The molecule has 7 heteroatoms. The van der Waals surface area contributed by atoms with E-state index in [1.807, 2.05) is 0 Å². The molecule has 1 aromatic carbocycles. The van der Waals surface area contributed by atoms with Crippen LogP contribution in [0.5, 0.6) is 0 Å². The van der Waals surface area contributed by atoms with E-state index in [-0.39, 0.29) is 41.2 Å². The van der Waals surface area contributed by atoms with Gasteiger partial charge in [-0.15, -0.1) is 0 Å². The number of allylic oxidation sites excluding steroid dienone is 2. The average molecular weight is 337 g/mol. The van der Waals surface area contributed by atoms with Gasteiger partial charge in [-0.2, -0.15) is 10.1 Å². The zero-order chi connectivity index (χ0) is 17.3. The zero-order valence-corrected chi connectivity index (χ0v) is 13.2. The summed E-state index contributed by atoms with van der Waals surface area (Å²) in [5.41, 5.74) is 0.586. The number of hydrogen-bond acceptors (Lipinski definition) is 5. The van der Waals surface area contributed by atoms with Gasteiger partial charge in [-0.3, -0.25) is 19.7 Å². The van der Waals surface area contributed by atoms with Crippen LogP contribution in [-0.4, -0.2) is 28.0 Å². The molecule has 1 aromatic rings. The SMILES string of the molecule is O=C1[C@H]2[C@@H]3C=C[C@H]([C@H]4C[C@H]34)[C@@H]2C(=O)N1/N=C/c1ccc([N+](=O)[O-])cc1. The molecule has 2 amide bonds. The summed E-state index contributed by atoms with van der Waals surface area (Å²) in [5, 5.41) is 15.8. The van der Waals surface area contributed by atoms with Crippen molar-refractivity contribution in [3.05, 3.63) is 52.1 Å². The Balaban J connectivity index is 1.39. The lowest BCUT2D eigenvalue weighted by atomic mass is 9.63. The predicted octanol–water partition coefficient (Wildman–Crippen LogP) is 1.98. The van der Waals surface area contributed by atoms with Crippen molar-refractivity contribution in [3.8, 4) is 0 Å². The summed E-state index contributed by atoms with van der Waals surface area (Å²) in [7, 11) is 0. The van der Waals surface area contributed by atoms with Crippen LogP contribution >= 0.6 is 0 Å². The van der Waals surface area contributed by atoms with E-state index >= 15 is 0 Å². The van der Waals surface area contributed by atoms with Crippen LogP contribution in [0, 0.1) is 45.6 Å². The van der Waals surface area contributed by atoms with Crippen LogP contribution in [0.25, 0.3) is 0 Å². The van der Waals surface area contributed by atoms with Gasteiger partial charge < -0.3 is 0 Å². The van der Waals surface area contributed by atoms with Crippen molar-refractivity contribution >= 4 is 23.7 Å². The van der Waals surface area contributed by atoms with Gasteiger partial charge in [0.15, 0.2) is 0 Å². The molecule has 126 valence electrons. The summed E-state index contributed by atoms with van der Waals surface area (Å²) < 4.78 is 0. The second-order valence-corrected chi connectivity index (χ2v) is 7.24. The number of benzene rings is 1. The molecule has 0 spiro atoms. The van der Waals surface area contributed by atoms with Gasteiger partial charge in [0.05, 0.1) is 23.0 Å². The fraction of sp³-hybridized carbons (Fsp3) is 0.389. The highest BCUT2D eigenvalue weighted by molar-refractivity contribution is 6.06. The smallest absolute Gasteiger partial charge is 0.269 e. The molecule has 2 bridgehead atoms. The van der Waals surface area contributed by atoms with Crippen LogP contribution < -0.4 is 0 Å². The fourth-order valence-electron chi connectivity index (χ4n) is 4.86. The highest BCUT2D eigenvalue weighted by atomic mass is 16.6. The molecule has 5 aliphatic rings. The molecule has 1 aliphatic heterocycles. The maximum Gasteiger partial charge on any atom is 0.269 e. The van der Waals surface area contributed by atoms with Crippen LogP contribution in [0.1, 0.15) is 12.0 Å². The predicted molar refractivity (Wildman–Crippen MR) is 87.2 cm³/mol. The first kappa shape index (κ1) is 14.5. The topological polar surface area (TPSA) is 92.9 Å². The van der Waals surface area contributed by atoms with Crippen LogP contribution in [-0.2, 0) is 9.59 Å². The summed E-state index contributed by atoms with van der Waals surface area (Å²) in [6.45, 7) is 0. The monoisotopic (exact) mass is 337 g/mol. The van der Waals surface area contributed by atoms with Gasteiger partial charge >= 0.3 is 0 Å². The molecular weight excluding hydrogens is 322 g/mol. The number of carbonyl (C=O) groups is 2. The Morgan fingerprint density at radius 1 is 1.04 bits per heavy atom. The number of amides is 2. The summed E-state index contributed by atoms with van der Waals surface area (Å²) in [5.74, 6) is 0.529. The Kier molecular flexibility index (Phi) is 2.81. The molecule has 1 heterocycles. The van der Waals surface area contributed by atoms with Crippen molar-refractivity contribution in [2.24, 2.45) is 40.6 Å².